The summed E-state index contributed by atoms with van der Waals surface area (Å²) in [4.78, 5) is 19.2. The van der Waals surface area contributed by atoms with Crippen LogP contribution in [0.2, 0.25) is 0 Å². The Balaban J connectivity index is 1.37. The molecule has 1 aliphatic rings. The highest BCUT2D eigenvalue weighted by Gasteiger charge is 2.28. The van der Waals surface area contributed by atoms with E-state index >= 15 is 0 Å². The summed E-state index contributed by atoms with van der Waals surface area (Å²) in [5.74, 6) is 0.614. The third-order valence-electron chi connectivity index (χ3n) is 8.12. The highest BCUT2D eigenvalue weighted by atomic mass is 15.4. The molecular formula is C41H33N5. The average molecular weight is 596 g/mol. The van der Waals surface area contributed by atoms with Crippen molar-refractivity contribution in [2.24, 2.45) is 15.0 Å². The number of rotatable bonds is 6. The normalized spacial score (nSPS) is 12.8. The van der Waals surface area contributed by atoms with Crippen LogP contribution in [0.5, 0.6) is 0 Å². The molecule has 0 aliphatic carbocycles. The number of hydrogen-bond donors (Lipinski definition) is 0. The van der Waals surface area contributed by atoms with E-state index in [2.05, 4.69) is 137 Å². The first-order chi connectivity index (χ1) is 22.8. The molecule has 0 atom stereocenters. The summed E-state index contributed by atoms with van der Waals surface area (Å²) in [6.07, 6.45) is 1.92. The van der Waals surface area contributed by atoms with Gasteiger partial charge in [-0.05, 0) is 59.3 Å². The third-order valence-corrected chi connectivity index (χ3v) is 8.12. The van der Waals surface area contributed by atoms with Crippen LogP contribution in [-0.2, 0) is 6.54 Å². The van der Waals surface area contributed by atoms with Gasteiger partial charge in [-0.15, -0.1) is 0 Å². The lowest BCUT2D eigenvalue weighted by Gasteiger charge is -2.31. The lowest BCUT2D eigenvalue weighted by Crippen LogP contribution is -2.38. The molecule has 46 heavy (non-hydrogen) atoms. The maximum atomic E-state index is 5.17. The summed E-state index contributed by atoms with van der Waals surface area (Å²) in [6, 6.07) is 54.3. The van der Waals surface area contributed by atoms with Gasteiger partial charge >= 0.3 is 0 Å². The third kappa shape index (κ3) is 5.99. The second kappa shape index (κ2) is 13.3. The molecule has 0 bridgehead atoms. The molecule has 0 fully saturated rings. The van der Waals surface area contributed by atoms with Gasteiger partial charge in [-0.25, -0.2) is 9.98 Å². The standard InChI is InChI=1S/C41H33N5/c1-42-37-23-10-13-26-40(37)45-30-46(39-25-12-9-22-36(39)35-21-8-11-24-38(35)45)41(43-28-31-15-4-2-5-16-31)44-29-32-17-14-20-34(27-32)33-18-6-3-7-19-33/h2-27,29H,1,28,30H2/b43-41?,44-29-. The molecule has 0 unspecified atom stereocenters. The first-order valence-electron chi connectivity index (χ1n) is 15.4. The van der Waals surface area contributed by atoms with Gasteiger partial charge in [0.1, 0.15) is 6.67 Å². The number of anilines is 3. The van der Waals surface area contributed by atoms with Crippen molar-refractivity contribution in [3.63, 3.8) is 0 Å². The molecule has 6 aromatic rings. The van der Waals surface area contributed by atoms with Gasteiger partial charge in [0, 0.05) is 17.3 Å². The maximum Gasteiger partial charge on any atom is 0.227 e. The lowest BCUT2D eigenvalue weighted by atomic mass is 10.0. The van der Waals surface area contributed by atoms with E-state index in [1.165, 1.54) is 5.56 Å². The molecule has 0 amide bonds. The molecular weight excluding hydrogens is 562 g/mol. The monoisotopic (exact) mass is 595 g/mol. The predicted octanol–water partition coefficient (Wildman–Crippen LogP) is 9.94. The van der Waals surface area contributed by atoms with E-state index in [9.17, 15) is 0 Å². The van der Waals surface area contributed by atoms with E-state index in [-0.39, 0.29) is 0 Å². The van der Waals surface area contributed by atoms with Crippen LogP contribution in [-0.4, -0.2) is 25.6 Å². The molecule has 6 aromatic carbocycles. The summed E-state index contributed by atoms with van der Waals surface area (Å²) >= 11 is 0. The van der Waals surface area contributed by atoms with Crippen LogP contribution in [0.3, 0.4) is 0 Å². The smallest absolute Gasteiger partial charge is 0.227 e. The van der Waals surface area contributed by atoms with Crippen LogP contribution in [0, 0.1) is 0 Å². The minimum atomic E-state index is 0.468. The number of benzene rings is 6. The van der Waals surface area contributed by atoms with Crippen molar-refractivity contribution in [1.82, 2.24) is 0 Å². The Morgan fingerprint density at radius 3 is 1.98 bits per heavy atom. The number of fused-ring (bicyclic) bond motifs is 3. The zero-order chi connectivity index (χ0) is 31.1. The summed E-state index contributed by atoms with van der Waals surface area (Å²) in [7, 11) is 0. The zero-order valence-corrected chi connectivity index (χ0v) is 25.4. The van der Waals surface area contributed by atoms with Gasteiger partial charge in [0.2, 0.25) is 5.96 Å². The van der Waals surface area contributed by atoms with Gasteiger partial charge in [0.15, 0.2) is 0 Å². The summed E-state index contributed by atoms with van der Waals surface area (Å²) in [5.41, 5.74) is 10.5. The SMILES string of the molecule is C=Nc1ccccc1N1CN(C(=NCc2ccccc2)/N=C\c2cccc(-c3ccccc3)c2)c2ccccc2-c2ccccc21. The molecule has 222 valence electrons. The molecule has 0 spiro atoms. The van der Waals surface area contributed by atoms with Gasteiger partial charge in [-0.2, -0.15) is 0 Å². The van der Waals surface area contributed by atoms with Crippen LogP contribution >= 0.6 is 0 Å². The van der Waals surface area contributed by atoms with Crippen LogP contribution in [0.4, 0.5) is 22.7 Å². The Bertz CT molecular complexity index is 2030. The van der Waals surface area contributed by atoms with E-state index in [0.29, 0.717) is 19.2 Å². The van der Waals surface area contributed by atoms with E-state index < -0.39 is 0 Å². The number of para-hydroxylation sites is 4. The van der Waals surface area contributed by atoms with Crippen LogP contribution < -0.4 is 9.80 Å². The first kappa shape index (κ1) is 28.7. The number of nitrogens with zero attached hydrogens (tertiary/aromatic N) is 5. The summed E-state index contributed by atoms with van der Waals surface area (Å²) in [6.45, 7) is 4.84. The van der Waals surface area contributed by atoms with Crippen molar-refractivity contribution in [2.75, 3.05) is 16.5 Å². The Labute approximate surface area is 270 Å². The van der Waals surface area contributed by atoms with E-state index in [1.54, 1.807) is 0 Å². The van der Waals surface area contributed by atoms with Gasteiger partial charge < -0.3 is 4.90 Å². The summed E-state index contributed by atoms with van der Waals surface area (Å²) < 4.78 is 0. The fourth-order valence-corrected chi connectivity index (χ4v) is 5.87. The van der Waals surface area contributed by atoms with Crippen LogP contribution in [0.15, 0.2) is 173 Å². The molecule has 5 heteroatoms. The Morgan fingerprint density at radius 2 is 1.22 bits per heavy atom. The van der Waals surface area contributed by atoms with Crippen molar-refractivity contribution in [3.05, 3.63) is 169 Å². The van der Waals surface area contributed by atoms with Crippen LogP contribution in [0.1, 0.15) is 11.1 Å². The Morgan fingerprint density at radius 1 is 0.609 bits per heavy atom. The average Bonchev–Trinajstić information content (AvgIpc) is 3.28. The van der Waals surface area contributed by atoms with Crippen molar-refractivity contribution >= 4 is 41.6 Å². The molecule has 0 N–H and O–H groups in total. The second-order valence-electron chi connectivity index (χ2n) is 11.0. The summed E-state index contributed by atoms with van der Waals surface area (Å²) in [5, 5.41) is 0. The molecule has 1 heterocycles. The number of hydrogen-bond acceptors (Lipinski definition) is 3. The largest absolute Gasteiger partial charge is 0.320 e. The number of guanidine groups is 1. The van der Waals surface area contributed by atoms with E-state index in [4.69, 9.17) is 9.98 Å². The van der Waals surface area contributed by atoms with Crippen molar-refractivity contribution in [2.45, 2.75) is 6.54 Å². The fourth-order valence-electron chi connectivity index (χ4n) is 5.87. The minimum absolute atomic E-state index is 0.468. The van der Waals surface area contributed by atoms with Gasteiger partial charge in [-0.1, -0.05) is 127 Å². The molecule has 0 aromatic heterocycles. The zero-order valence-electron chi connectivity index (χ0n) is 25.4. The van der Waals surface area contributed by atoms with E-state index in [1.807, 2.05) is 48.7 Å². The first-order valence-corrected chi connectivity index (χ1v) is 15.4. The van der Waals surface area contributed by atoms with E-state index in [0.717, 1.165) is 50.6 Å². The van der Waals surface area contributed by atoms with Crippen LogP contribution in [0.25, 0.3) is 22.3 Å². The topological polar surface area (TPSA) is 43.6 Å². The fraction of sp³-hybridized carbons (Fsp3) is 0.0488. The molecule has 5 nitrogen and oxygen atoms in total. The molecule has 1 aliphatic heterocycles. The highest BCUT2D eigenvalue weighted by molar-refractivity contribution is 6.07. The lowest BCUT2D eigenvalue weighted by molar-refractivity contribution is 0.933. The maximum absolute atomic E-state index is 5.17. The molecule has 0 saturated carbocycles. The van der Waals surface area contributed by atoms with Crippen molar-refractivity contribution < 1.29 is 0 Å². The Hall–Kier alpha value is -6.07. The Kier molecular flexibility index (Phi) is 8.28. The van der Waals surface area contributed by atoms with Gasteiger partial charge in [0.25, 0.3) is 0 Å². The second-order valence-corrected chi connectivity index (χ2v) is 11.0. The highest BCUT2D eigenvalue weighted by Crippen LogP contribution is 2.45. The van der Waals surface area contributed by atoms with Crippen molar-refractivity contribution in [1.29, 1.82) is 0 Å². The molecule has 7 rings (SSSR count). The minimum Gasteiger partial charge on any atom is -0.320 e. The van der Waals surface area contributed by atoms with Crippen molar-refractivity contribution in [3.8, 4) is 22.3 Å². The van der Waals surface area contributed by atoms with Gasteiger partial charge in [-0.3, -0.25) is 9.89 Å². The van der Waals surface area contributed by atoms with Gasteiger partial charge in [0.05, 0.1) is 29.3 Å². The number of aliphatic imine (C=N–C) groups is 3. The molecule has 0 saturated heterocycles. The quantitative estimate of drug-likeness (QED) is 0.142. The predicted molar refractivity (Wildman–Crippen MR) is 194 cm³/mol. The molecule has 0 radical (unpaired) electrons.